The summed E-state index contributed by atoms with van der Waals surface area (Å²) in [5.41, 5.74) is 0. The molecule has 0 rings (SSSR count). The van der Waals surface area contributed by atoms with Crippen LogP contribution < -0.4 is 5.32 Å². The van der Waals surface area contributed by atoms with Gasteiger partial charge in [-0.15, -0.1) is 0 Å². The summed E-state index contributed by atoms with van der Waals surface area (Å²) in [4.78, 5) is 26.2. The lowest BCUT2D eigenvalue weighted by Crippen LogP contribution is -2.46. The molecule has 0 aromatic heterocycles. The van der Waals surface area contributed by atoms with Gasteiger partial charge < -0.3 is 20.3 Å². The predicted molar refractivity (Wildman–Crippen MR) is 300 cm³/mol. The number of allylic oxidation sites excluding steroid dienone is 24. The second kappa shape index (κ2) is 54.7. The fraction of sp³-hybridized carbons (Fsp3) is 0.587. The van der Waals surface area contributed by atoms with Gasteiger partial charge in [0.1, 0.15) is 6.10 Å². The molecule has 388 valence electrons. The van der Waals surface area contributed by atoms with Crippen molar-refractivity contribution in [2.75, 3.05) is 6.61 Å². The van der Waals surface area contributed by atoms with Crippen LogP contribution in [0.3, 0.4) is 0 Å². The highest BCUT2D eigenvalue weighted by molar-refractivity contribution is 5.77. The standard InChI is InChI=1S/C63H101NO5/c1-4-7-10-13-16-19-22-25-28-30-31-32-35-38-41-44-47-50-53-56-63(68)69-59(54-51-48-45-42-39-36-33-27-24-21-18-15-12-9-6-3)57-62(67)64-60(58-65)61(66)55-52-49-46-43-40-37-34-29-26-23-20-17-14-11-8-5-2/h7,9-10,12,15-16,18-19,21,24-25,27-28,31-33,36,38-39,41-42,45,47,50,59-61,65-66H,4-6,8,11,13-14,17,20,22-23,26,29-30,34-35,37,40,43-44,46,48-49,51-58H2,1-3H3,(H,64,67)/b10-7-,12-9-,18-15+,19-16-,24-21+,28-25-,32-31-,33-27-,39-36+,41-38-,45-42+,50-47-. The largest absolute Gasteiger partial charge is 0.462 e. The molecule has 69 heavy (non-hydrogen) atoms. The third-order valence-corrected chi connectivity index (χ3v) is 11.6. The van der Waals surface area contributed by atoms with Crippen LogP contribution in [0.25, 0.3) is 0 Å². The quantitative estimate of drug-likeness (QED) is 0.0244. The molecule has 0 fully saturated rings. The fourth-order valence-corrected chi connectivity index (χ4v) is 7.49. The third kappa shape index (κ3) is 50.0. The van der Waals surface area contributed by atoms with E-state index in [1.165, 1.54) is 83.5 Å². The molecule has 0 saturated heterocycles. The monoisotopic (exact) mass is 952 g/mol. The molecule has 3 N–H and O–H groups in total. The minimum Gasteiger partial charge on any atom is -0.462 e. The normalized spacial score (nSPS) is 14.3. The second-order valence-electron chi connectivity index (χ2n) is 18.0. The van der Waals surface area contributed by atoms with E-state index in [1.54, 1.807) is 0 Å². The highest BCUT2D eigenvalue weighted by Crippen LogP contribution is 2.16. The first-order valence-corrected chi connectivity index (χ1v) is 27.6. The van der Waals surface area contributed by atoms with Gasteiger partial charge in [-0.2, -0.15) is 0 Å². The number of aliphatic hydroxyl groups is 2. The number of esters is 1. The molecule has 3 unspecified atom stereocenters. The first kappa shape index (κ1) is 64.7. The summed E-state index contributed by atoms with van der Waals surface area (Å²) in [7, 11) is 0. The Kier molecular flexibility index (Phi) is 51.3. The molecule has 0 heterocycles. The number of amides is 1. The maximum Gasteiger partial charge on any atom is 0.306 e. The summed E-state index contributed by atoms with van der Waals surface area (Å²) in [6, 6.07) is -0.753. The van der Waals surface area contributed by atoms with E-state index in [2.05, 4.69) is 105 Å². The van der Waals surface area contributed by atoms with E-state index in [1.807, 2.05) is 66.8 Å². The smallest absolute Gasteiger partial charge is 0.306 e. The lowest BCUT2D eigenvalue weighted by Gasteiger charge is -2.24. The number of rotatable bonds is 47. The Hall–Kier alpha value is -4.26. The van der Waals surface area contributed by atoms with Crippen molar-refractivity contribution in [1.82, 2.24) is 5.32 Å². The molecule has 0 aliphatic heterocycles. The number of aliphatic hydroxyl groups excluding tert-OH is 2. The zero-order chi connectivity index (χ0) is 50.2. The summed E-state index contributed by atoms with van der Waals surface area (Å²) < 4.78 is 5.86. The molecule has 0 spiro atoms. The molecule has 1 amide bonds. The van der Waals surface area contributed by atoms with E-state index in [0.717, 1.165) is 77.0 Å². The summed E-state index contributed by atoms with van der Waals surface area (Å²) >= 11 is 0. The lowest BCUT2D eigenvalue weighted by molar-refractivity contribution is -0.150. The Morgan fingerprint density at radius 3 is 1.30 bits per heavy atom. The van der Waals surface area contributed by atoms with Crippen LogP contribution >= 0.6 is 0 Å². The maximum absolute atomic E-state index is 13.2. The number of nitrogens with one attached hydrogen (secondary N) is 1. The van der Waals surface area contributed by atoms with Crippen molar-refractivity contribution in [3.63, 3.8) is 0 Å². The van der Waals surface area contributed by atoms with E-state index < -0.39 is 18.2 Å². The van der Waals surface area contributed by atoms with Gasteiger partial charge in [-0.1, -0.05) is 269 Å². The van der Waals surface area contributed by atoms with Crippen molar-refractivity contribution in [3.8, 4) is 0 Å². The van der Waals surface area contributed by atoms with Crippen LogP contribution in [0, 0.1) is 0 Å². The van der Waals surface area contributed by atoms with Gasteiger partial charge >= 0.3 is 5.97 Å². The summed E-state index contributed by atoms with van der Waals surface area (Å²) in [6.07, 6.45) is 79.2. The number of hydrogen-bond acceptors (Lipinski definition) is 5. The topological polar surface area (TPSA) is 95.9 Å². The summed E-state index contributed by atoms with van der Waals surface area (Å²) in [5.74, 6) is -0.663. The van der Waals surface area contributed by atoms with Crippen LogP contribution in [-0.4, -0.2) is 46.9 Å². The number of hydrogen-bond donors (Lipinski definition) is 3. The number of ether oxygens (including phenoxy) is 1. The lowest BCUT2D eigenvalue weighted by atomic mass is 10.0. The zero-order valence-corrected chi connectivity index (χ0v) is 44.1. The Morgan fingerprint density at radius 1 is 0.449 bits per heavy atom. The maximum atomic E-state index is 13.2. The van der Waals surface area contributed by atoms with Gasteiger partial charge in [0.05, 0.1) is 25.2 Å². The first-order valence-electron chi connectivity index (χ1n) is 27.6. The van der Waals surface area contributed by atoms with Crippen LogP contribution in [0.2, 0.25) is 0 Å². The Labute approximate surface area is 424 Å². The third-order valence-electron chi connectivity index (χ3n) is 11.6. The van der Waals surface area contributed by atoms with Crippen LogP contribution in [0.5, 0.6) is 0 Å². The highest BCUT2D eigenvalue weighted by Gasteiger charge is 2.23. The van der Waals surface area contributed by atoms with Crippen molar-refractivity contribution >= 4 is 11.9 Å². The van der Waals surface area contributed by atoms with Crippen LogP contribution in [-0.2, 0) is 14.3 Å². The van der Waals surface area contributed by atoms with E-state index in [0.29, 0.717) is 19.3 Å². The van der Waals surface area contributed by atoms with E-state index in [4.69, 9.17) is 4.74 Å². The second-order valence-corrected chi connectivity index (χ2v) is 18.0. The molecule has 6 nitrogen and oxygen atoms in total. The molecular weight excluding hydrogens is 851 g/mol. The SMILES string of the molecule is CC\C=C/C=C/C=C/C=C\C=C\C=C\CCCC(CC(=O)NC(CO)C(O)CCCCCCCCCCCCCCCCCC)OC(=O)CC/C=C\C/C=C\C/C=C\C/C=C\C/C=C\C/C=C\CC. The molecule has 3 atom stereocenters. The molecule has 0 aromatic rings. The molecule has 0 radical (unpaired) electrons. The van der Waals surface area contributed by atoms with Gasteiger partial charge in [-0.25, -0.2) is 0 Å². The number of carbonyl (C=O) groups excluding carboxylic acids is 2. The van der Waals surface area contributed by atoms with Gasteiger partial charge in [0.25, 0.3) is 0 Å². The van der Waals surface area contributed by atoms with Crippen molar-refractivity contribution < 1.29 is 24.5 Å². The van der Waals surface area contributed by atoms with Gasteiger partial charge in [0.2, 0.25) is 5.91 Å². The Balaban J connectivity index is 4.82. The molecule has 0 bridgehead atoms. The number of unbranched alkanes of at least 4 members (excludes halogenated alkanes) is 16. The van der Waals surface area contributed by atoms with Crippen molar-refractivity contribution in [1.29, 1.82) is 0 Å². The molecular formula is C63H101NO5. The van der Waals surface area contributed by atoms with E-state index in [9.17, 15) is 19.8 Å². The van der Waals surface area contributed by atoms with Crippen molar-refractivity contribution in [2.24, 2.45) is 0 Å². The van der Waals surface area contributed by atoms with E-state index >= 15 is 0 Å². The van der Waals surface area contributed by atoms with Gasteiger partial charge in [0, 0.05) is 6.42 Å². The van der Waals surface area contributed by atoms with Crippen molar-refractivity contribution in [2.45, 2.75) is 232 Å². The average molecular weight is 953 g/mol. The Morgan fingerprint density at radius 2 is 0.855 bits per heavy atom. The highest BCUT2D eigenvalue weighted by atomic mass is 16.5. The summed E-state index contributed by atoms with van der Waals surface area (Å²) in [5, 5.41) is 23.8. The van der Waals surface area contributed by atoms with Crippen LogP contribution in [0.1, 0.15) is 213 Å². The molecule has 0 saturated carbocycles. The zero-order valence-electron chi connectivity index (χ0n) is 44.1. The number of carbonyl (C=O) groups is 2. The predicted octanol–water partition coefficient (Wildman–Crippen LogP) is 17.2. The van der Waals surface area contributed by atoms with Gasteiger partial charge in [-0.05, 0) is 77.0 Å². The van der Waals surface area contributed by atoms with E-state index in [-0.39, 0.29) is 31.3 Å². The Bertz CT molecular complexity index is 1540. The molecule has 6 heteroatoms. The molecule has 0 aromatic carbocycles. The molecule has 0 aliphatic rings. The minimum absolute atomic E-state index is 0.0140. The minimum atomic E-state index is -0.832. The summed E-state index contributed by atoms with van der Waals surface area (Å²) in [6.45, 7) is 6.18. The van der Waals surface area contributed by atoms with Gasteiger partial charge in [0.15, 0.2) is 0 Å². The van der Waals surface area contributed by atoms with Crippen molar-refractivity contribution in [3.05, 3.63) is 146 Å². The average Bonchev–Trinajstić information content (AvgIpc) is 3.34. The van der Waals surface area contributed by atoms with Crippen LogP contribution in [0.4, 0.5) is 0 Å². The van der Waals surface area contributed by atoms with Gasteiger partial charge in [-0.3, -0.25) is 9.59 Å². The molecule has 0 aliphatic carbocycles. The van der Waals surface area contributed by atoms with Crippen LogP contribution in [0.15, 0.2) is 146 Å². The fourth-order valence-electron chi connectivity index (χ4n) is 7.49. The first-order chi connectivity index (χ1) is 34.0.